The van der Waals surface area contributed by atoms with Crippen molar-refractivity contribution in [2.75, 3.05) is 13.7 Å². The average molecular weight is 249 g/mol. The molecule has 0 bridgehead atoms. The predicted octanol–water partition coefficient (Wildman–Crippen LogP) is 2.14. The second kappa shape index (κ2) is 6.19. The summed E-state index contributed by atoms with van der Waals surface area (Å²) in [5, 5.41) is 2.50. The number of Topliss-reactive ketones (excluding diaryl/α,β-unsaturated/α-hetero) is 1. The molecule has 1 aromatic carbocycles. The fourth-order valence-corrected chi connectivity index (χ4v) is 1.63. The fourth-order valence-electron chi connectivity index (χ4n) is 1.63. The fraction of sp³-hybridized carbons (Fsp3) is 0.429. The highest BCUT2D eigenvalue weighted by Crippen LogP contribution is 2.24. The molecule has 0 aliphatic heterocycles. The van der Waals surface area contributed by atoms with Gasteiger partial charge in [-0.25, -0.2) is 0 Å². The van der Waals surface area contributed by atoms with Gasteiger partial charge in [0.25, 0.3) is 11.7 Å². The molecule has 1 rings (SSSR count). The van der Waals surface area contributed by atoms with Crippen molar-refractivity contribution in [1.82, 2.24) is 5.32 Å². The molecule has 18 heavy (non-hydrogen) atoms. The molecule has 0 fully saturated rings. The molecule has 0 saturated carbocycles. The molecule has 1 amide bonds. The van der Waals surface area contributed by atoms with Crippen LogP contribution < -0.4 is 10.1 Å². The third-order valence-electron chi connectivity index (χ3n) is 2.68. The van der Waals surface area contributed by atoms with Gasteiger partial charge in [-0.3, -0.25) is 9.59 Å². The van der Waals surface area contributed by atoms with Crippen LogP contribution in [-0.2, 0) is 4.79 Å². The van der Waals surface area contributed by atoms with Crippen molar-refractivity contribution in [3.8, 4) is 5.75 Å². The molecular formula is C14H19NO3. The molecule has 4 heteroatoms. The number of likely N-dealkylation sites (N-methyl/N-ethyl adjacent to an activating group) is 1. The minimum Gasteiger partial charge on any atom is -0.496 e. The van der Waals surface area contributed by atoms with Gasteiger partial charge in [0.2, 0.25) is 0 Å². The van der Waals surface area contributed by atoms with Crippen LogP contribution in [0.25, 0.3) is 0 Å². The van der Waals surface area contributed by atoms with Gasteiger partial charge in [-0.2, -0.15) is 0 Å². The summed E-state index contributed by atoms with van der Waals surface area (Å²) in [6.07, 6.45) is 0. The van der Waals surface area contributed by atoms with E-state index in [2.05, 4.69) is 5.32 Å². The molecular weight excluding hydrogens is 230 g/mol. The first-order valence-electron chi connectivity index (χ1n) is 6.01. The molecule has 1 aromatic rings. The number of hydrogen-bond acceptors (Lipinski definition) is 3. The Hall–Kier alpha value is -1.84. The molecule has 4 nitrogen and oxygen atoms in total. The highest BCUT2D eigenvalue weighted by Gasteiger charge is 2.20. The maximum Gasteiger partial charge on any atom is 0.292 e. The van der Waals surface area contributed by atoms with Gasteiger partial charge >= 0.3 is 0 Å². The number of benzene rings is 1. The number of carbonyl (C=O) groups excluding carboxylic acids is 2. The van der Waals surface area contributed by atoms with E-state index in [9.17, 15) is 9.59 Å². The lowest BCUT2D eigenvalue weighted by Gasteiger charge is -2.11. The first-order chi connectivity index (χ1) is 8.51. The van der Waals surface area contributed by atoms with E-state index in [1.165, 1.54) is 7.11 Å². The Kier molecular flexibility index (Phi) is 4.89. The third-order valence-corrected chi connectivity index (χ3v) is 2.68. The summed E-state index contributed by atoms with van der Waals surface area (Å²) in [6.45, 7) is 6.26. The standard InChI is InChI=1S/C14H19NO3/c1-5-15-14(17)13(16)11-8-10(9(2)3)6-7-12(11)18-4/h6-9H,5H2,1-4H3,(H,15,17). The first kappa shape index (κ1) is 14.2. The zero-order chi connectivity index (χ0) is 13.7. The SMILES string of the molecule is CCNC(=O)C(=O)c1cc(C(C)C)ccc1OC. The lowest BCUT2D eigenvalue weighted by molar-refractivity contribution is -0.116. The van der Waals surface area contributed by atoms with Crippen molar-refractivity contribution in [1.29, 1.82) is 0 Å². The second-order valence-corrected chi connectivity index (χ2v) is 4.30. The van der Waals surface area contributed by atoms with E-state index in [0.29, 0.717) is 17.9 Å². The summed E-state index contributed by atoms with van der Waals surface area (Å²) in [7, 11) is 1.49. The summed E-state index contributed by atoms with van der Waals surface area (Å²) in [5.74, 6) is -0.444. The predicted molar refractivity (Wildman–Crippen MR) is 70.1 cm³/mol. The molecule has 0 saturated heterocycles. The van der Waals surface area contributed by atoms with E-state index < -0.39 is 11.7 Å². The van der Waals surface area contributed by atoms with Crippen LogP contribution in [0.5, 0.6) is 5.75 Å². The van der Waals surface area contributed by atoms with Crippen LogP contribution in [0.2, 0.25) is 0 Å². The molecule has 0 unspecified atom stereocenters. The van der Waals surface area contributed by atoms with Gasteiger partial charge in [-0.15, -0.1) is 0 Å². The van der Waals surface area contributed by atoms with Crippen molar-refractivity contribution >= 4 is 11.7 Å². The topological polar surface area (TPSA) is 55.4 Å². The number of ether oxygens (including phenoxy) is 1. The summed E-state index contributed by atoms with van der Waals surface area (Å²) < 4.78 is 5.13. The van der Waals surface area contributed by atoms with E-state index in [-0.39, 0.29) is 5.92 Å². The number of methoxy groups -OCH3 is 1. The summed E-state index contributed by atoms with van der Waals surface area (Å²) in [6, 6.07) is 5.35. The smallest absolute Gasteiger partial charge is 0.292 e. The van der Waals surface area contributed by atoms with Crippen molar-refractivity contribution in [2.45, 2.75) is 26.7 Å². The molecule has 0 atom stereocenters. The molecule has 0 aliphatic rings. The highest BCUT2D eigenvalue weighted by atomic mass is 16.5. The normalized spacial score (nSPS) is 10.3. The van der Waals surface area contributed by atoms with E-state index in [1.54, 1.807) is 19.1 Å². The maximum atomic E-state index is 12.0. The molecule has 1 N–H and O–H groups in total. The van der Waals surface area contributed by atoms with Crippen molar-refractivity contribution in [3.63, 3.8) is 0 Å². The Morgan fingerprint density at radius 1 is 1.33 bits per heavy atom. The monoisotopic (exact) mass is 249 g/mol. The number of carbonyl (C=O) groups is 2. The van der Waals surface area contributed by atoms with E-state index in [1.807, 2.05) is 19.9 Å². The average Bonchev–Trinajstić information content (AvgIpc) is 2.37. The third kappa shape index (κ3) is 3.09. The van der Waals surface area contributed by atoms with Gasteiger partial charge in [0.1, 0.15) is 5.75 Å². The molecule has 0 spiro atoms. The summed E-state index contributed by atoms with van der Waals surface area (Å²) >= 11 is 0. The van der Waals surface area contributed by atoms with E-state index in [0.717, 1.165) is 5.56 Å². The van der Waals surface area contributed by atoms with E-state index in [4.69, 9.17) is 4.74 Å². The van der Waals surface area contributed by atoms with Gasteiger partial charge in [0.15, 0.2) is 0 Å². The van der Waals surface area contributed by atoms with Crippen LogP contribution in [0.4, 0.5) is 0 Å². The second-order valence-electron chi connectivity index (χ2n) is 4.30. The number of ketones is 1. The minimum absolute atomic E-state index is 0.289. The molecule has 98 valence electrons. The molecule has 0 aliphatic carbocycles. The van der Waals surface area contributed by atoms with Crippen LogP contribution >= 0.6 is 0 Å². The molecule has 0 aromatic heterocycles. The van der Waals surface area contributed by atoms with Crippen LogP contribution in [0.1, 0.15) is 42.6 Å². The van der Waals surface area contributed by atoms with Crippen LogP contribution in [-0.4, -0.2) is 25.3 Å². The van der Waals surface area contributed by atoms with E-state index >= 15 is 0 Å². The van der Waals surface area contributed by atoms with Gasteiger partial charge < -0.3 is 10.1 Å². The number of nitrogens with one attached hydrogen (secondary N) is 1. The Morgan fingerprint density at radius 3 is 2.50 bits per heavy atom. The van der Waals surface area contributed by atoms with Crippen molar-refractivity contribution in [2.24, 2.45) is 0 Å². The van der Waals surface area contributed by atoms with Gasteiger partial charge in [0, 0.05) is 6.54 Å². The van der Waals surface area contributed by atoms with Crippen LogP contribution in [0.15, 0.2) is 18.2 Å². The van der Waals surface area contributed by atoms with Crippen LogP contribution in [0, 0.1) is 0 Å². The zero-order valence-corrected chi connectivity index (χ0v) is 11.2. The quantitative estimate of drug-likeness (QED) is 0.642. The minimum atomic E-state index is -0.600. The molecule has 0 radical (unpaired) electrons. The number of hydrogen-bond donors (Lipinski definition) is 1. The lowest BCUT2D eigenvalue weighted by atomic mass is 9.98. The number of amides is 1. The van der Waals surface area contributed by atoms with Gasteiger partial charge in [0.05, 0.1) is 12.7 Å². The number of rotatable bonds is 5. The Bertz CT molecular complexity index is 452. The summed E-state index contributed by atoms with van der Waals surface area (Å²) in [4.78, 5) is 23.6. The van der Waals surface area contributed by atoms with Crippen molar-refractivity contribution < 1.29 is 14.3 Å². The van der Waals surface area contributed by atoms with Gasteiger partial charge in [-0.05, 0) is 30.5 Å². The maximum absolute atomic E-state index is 12.0. The highest BCUT2D eigenvalue weighted by molar-refractivity contribution is 6.43. The zero-order valence-electron chi connectivity index (χ0n) is 11.2. The Balaban J connectivity index is 3.15. The van der Waals surface area contributed by atoms with Crippen molar-refractivity contribution in [3.05, 3.63) is 29.3 Å². The molecule has 0 heterocycles. The largest absolute Gasteiger partial charge is 0.496 e. The Labute approximate surface area is 107 Å². The first-order valence-corrected chi connectivity index (χ1v) is 6.01. The Morgan fingerprint density at radius 2 is 2.00 bits per heavy atom. The lowest BCUT2D eigenvalue weighted by Crippen LogP contribution is -2.31. The van der Waals surface area contributed by atoms with Crippen LogP contribution in [0.3, 0.4) is 0 Å². The summed E-state index contributed by atoms with van der Waals surface area (Å²) in [5.41, 5.74) is 1.32. The van der Waals surface area contributed by atoms with Gasteiger partial charge in [-0.1, -0.05) is 19.9 Å².